The predicted molar refractivity (Wildman–Crippen MR) is 69.2 cm³/mol. The van der Waals surface area contributed by atoms with Crippen molar-refractivity contribution in [3.05, 3.63) is 28.8 Å². The first kappa shape index (κ1) is 13.3. The summed E-state index contributed by atoms with van der Waals surface area (Å²) < 4.78 is 5.57. The van der Waals surface area contributed by atoms with E-state index >= 15 is 0 Å². The third kappa shape index (κ3) is 4.42. The average Bonchev–Trinajstić information content (AvgIpc) is 2.06. The zero-order valence-corrected chi connectivity index (χ0v) is 11.1. The third-order valence-electron chi connectivity index (χ3n) is 2.02. The van der Waals surface area contributed by atoms with Crippen LogP contribution in [-0.2, 0) is 6.42 Å². The van der Waals surface area contributed by atoms with E-state index in [9.17, 15) is 0 Å². The Bertz CT molecular complexity index is 355. The molecule has 1 aromatic rings. The van der Waals surface area contributed by atoms with Crippen LogP contribution in [0.2, 0.25) is 5.02 Å². The summed E-state index contributed by atoms with van der Waals surface area (Å²) in [6.45, 7) is 7.96. The minimum Gasteiger partial charge on any atom is -0.489 e. The molecule has 1 aromatic carbocycles. The van der Waals surface area contributed by atoms with Gasteiger partial charge in [-0.3, -0.25) is 0 Å². The second-order valence-electron chi connectivity index (χ2n) is 5.10. The second kappa shape index (κ2) is 5.07. The van der Waals surface area contributed by atoms with E-state index in [4.69, 9.17) is 22.1 Å². The number of ether oxygens (including phenoxy) is 1. The van der Waals surface area contributed by atoms with Gasteiger partial charge in [-0.05, 0) is 51.8 Å². The van der Waals surface area contributed by atoms with Gasteiger partial charge in [0.2, 0.25) is 0 Å². The first-order valence-electron chi connectivity index (χ1n) is 5.52. The highest BCUT2D eigenvalue weighted by Gasteiger charge is 2.13. The zero-order chi connectivity index (χ0) is 12.3. The molecule has 2 N–H and O–H groups in total. The fourth-order valence-electron chi connectivity index (χ4n) is 1.53. The molecule has 16 heavy (non-hydrogen) atoms. The molecule has 0 saturated carbocycles. The second-order valence-corrected chi connectivity index (χ2v) is 5.50. The summed E-state index contributed by atoms with van der Waals surface area (Å²) in [5, 5.41) is 0.649. The largest absolute Gasteiger partial charge is 0.489 e. The molecule has 0 aliphatic rings. The molecular formula is C13H20ClNO. The van der Waals surface area contributed by atoms with Gasteiger partial charge in [-0.2, -0.15) is 0 Å². The van der Waals surface area contributed by atoms with E-state index in [1.807, 2.05) is 45.9 Å². The summed E-state index contributed by atoms with van der Waals surface area (Å²) in [5.41, 5.74) is 6.88. The molecule has 1 rings (SSSR count). The number of benzene rings is 1. The van der Waals surface area contributed by atoms with Crippen LogP contribution >= 0.6 is 11.6 Å². The maximum atomic E-state index is 6.14. The molecule has 2 nitrogen and oxygen atoms in total. The van der Waals surface area contributed by atoms with Crippen molar-refractivity contribution < 1.29 is 4.74 Å². The summed E-state index contributed by atoms with van der Waals surface area (Å²) >= 11 is 6.14. The summed E-state index contributed by atoms with van der Waals surface area (Å²) in [5.74, 6) is 0.732. The standard InChI is InChI=1S/C13H20ClNO/c1-9(2)16-12-6-5-10(7-11(12)14)8-13(3,4)15/h5-7,9H,8,15H2,1-4H3. The zero-order valence-electron chi connectivity index (χ0n) is 10.4. The van der Waals surface area contributed by atoms with Crippen LogP contribution < -0.4 is 10.5 Å². The molecule has 0 amide bonds. The van der Waals surface area contributed by atoms with Gasteiger partial charge in [0.15, 0.2) is 0 Å². The lowest BCUT2D eigenvalue weighted by molar-refractivity contribution is 0.242. The highest BCUT2D eigenvalue weighted by atomic mass is 35.5. The topological polar surface area (TPSA) is 35.2 Å². The van der Waals surface area contributed by atoms with Crippen molar-refractivity contribution in [1.29, 1.82) is 0 Å². The molecule has 0 saturated heterocycles. The van der Waals surface area contributed by atoms with Gasteiger partial charge in [0, 0.05) is 5.54 Å². The number of hydrogen-bond donors (Lipinski definition) is 1. The smallest absolute Gasteiger partial charge is 0.138 e. The molecular weight excluding hydrogens is 222 g/mol. The van der Waals surface area contributed by atoms with Crippen LogP contribution in [-0.4, -0.2) is 11.6 Å². The van der Waals surface area contributed by atoms with E-state index in [-0.39, 0.29) is 11.6 Å². The molecule has 0 aliphatic heterocycles. The van der Waals surface area contributed by atoms with Crippen molar-refractivity contribution in [1.82, 2.24) is 0 Å². The molecule has 0 aliphatic carbocycles. The molecule has 90 valence electrons. The Morgan fingerprint density at radius 2 is 2.00 bits per heavy atom. The predicted octanol–water partition coefficient (Wildman–Crippen LogP) is 3.41. The summed E-state index contributed by atoms with van der Waals surface area (Å²) in [6.07, 6.45) is 0.934. The first-order chi connectivity index (χ1) is 7.28. The molecule has 3 heteroatoms. The van der Waals surface area contributed by atoms with Gasteiger partial charge in [-0.25, -0.2) is 0 Å². The Kier molecular flexibility index (Phi) is 4.22. The van der Waals surface area contributed by atoms with E-state index in [0.717, 1.165) is 17.7 Å². The molecule has 0 atom stereocenters. The van der Waals surface area contributed by atoms with Crippen molar-refractivity contribution in [2.75, 3.05) is 0 Å². The van der Waals surface area contributed by atoms with Gasteiger partial charge in [-0.1, -0.05) is 17.7 Å². The van der Waals surface area contributed by atoms with Gasteiger partial charge < -0.3 is 10.5 Å². The van der Waals surface area contributed by atoms with Crippen LogP contribution in [0.1, 0.15) is 33.3 Å². The summed E-state index contributed by atoms with van der Waals surface area (Å²) in [6, 6.07) is 5.84. The van der Waals surface area contributed by atoms with Crippen LogP contribution in [0, 0.1) is 0 Å². The SMILES string of the molecule is CC(C)Oc1ccc(CC(C)(C)N)cc1Cl. The van der Waals surface area contributed by atoms with Gasteiger partial charge in [0.05, 0.1) is 11.1 Å². The lowest BCUT2D eigenvalue weighted by Crippen LogP contribution is -2.34. The molecule has 0 unspecified atom stereocenters. The molecule has 0 heterocycles. The van der Waals surface area contributed by atoms with E-state index in [2.05, 4.69) is 0 Å². The molecule has 0 spiro atoms. The number of rotatable bonds is 4. The van der Waals surface area contributed by atoms with Gasteiger partial charge in [0.25, 0.3) is 0 Å². The summed E-state index contributed by atoms with van der Waals surface area (Å²) in [4.78, 5) is 0. The van der Waals surface area contributed by atoms with Gasteiger partial charge in [0.1, 0.15) is 5.75 Å². The summed E-state index contributed by atoms with van der Waals surface area (Å²) in [7, 11) is 0. The lowest BCUT2D eigenvalue weighted by Gasteiger charge is -2.19. The van der Waals surface area contributed by atoms with E-state index < -0.39 is 0 Å². The van der Waals surface area contributed by atoms with Crippen molar-refractivity contribution in [3.8, 4) is 5.75 Å². The number of nitrogens with two attached hydrogens (primary N) is 1. The van der Waals surface area contributed by atoms with E-state index in [1.165, 1.54) is 0 Å². The molecule has 0 aromatic heterocycles. The molecule has 0 bridgehead atoms. The van der Waals surface area contributed by atoms with Crippen LogP contribution in [0.3, 0.4) is 0 Å². The Hall–Kier alpha value is -0.730. The van der Waals surface area contributed by atoms with Crippen molar-refractivity contribution in [3.63, 3.8) is 0 Å². The third-order valence-corrected chi connectivity index (χ3v) is 2.31. The molecule has 0 fully saturated rings. The Morgan fingerprint density at radius 3 is 2.44 bits per heavy atom. The number of halogens is 1. The minimum atomic E-state index is -0.219. The van der Waals surface area contributed by atoms with Gasteiger partial charge >= 0.3 is 0 Å². The Morgan fingerprint density at radius 1 is 1.38 bits per heavy atom. The van der Waals surface area contributed by atoms with Crippen LogP contribution in [0.15, 0.2) is 18.2 Å². The van der Waals surface area contributed by atoms with Crippen LogP contribution in [0.4, 0.5) is 0 Å². The monoisotopic (exact) mass is 241 g/mol. The van der Waals surface area contributed by atoms with Crippen LogP contribution in [0.5, 0.6) is 5.75 Å². The van der Waals surface area contributed by atoms with E-state index in [0.29, 0.717) is 5.02 Å². The highest BCUT2D eigenvalue weighted by molar-refractivity contribution is 6.32. The van der Waals surface area contributed by atoms with Crippen molar-refractivity contribution in [2.45, 2.75) is 45.8 Å². The van der Waals surface area contributed by atoms with Gasteiger partial charge in [-0.15, -0.1) is 0 Å². The lowest BCUT2D eigenvalue weighted by atomic mass is 9.96. The molecule has 0 radical (unpaired) electrons. The van der Waals surface area contributed by atoms with E-state index in [1.54, 1.807) is 0 Å². The Balaban J connectivity index is 2.83. The van der Waals surface area contributed by atoms with Crippen molar-refractivity contribution >= 4 is 11.6 Å². The maximum absolute atomic E-state index is 6.14. The van der Waals surface area contributed by atoms with Crippen molar-refractivity contribution in [2.24, 2.45) is 5.73 Å². The fraction of sp³-hybridized carbons (Fsp3) is 0.538. The maximum Gasteiger partial charge on any atom is 0.138 e. The average molecular weight is 242 g/mol. The van der Waals surface area contributed by atoms with Crippen LogP contribution in [0.25, 0.3) is 0 Å². The highest BCUT2D eigenvalue weighted by Crippen LogP contribution is 2.27. The Labute approximate surface area is 103 Å². The normalized spacial score (nSPS) is 11.9. The number of hydrogen-bond acceptors (Lipinski definition) is 2. The fourth-order valence-corrected chi connectivity index (χ4v) is 1.78. The quantitative estimate of drug-likeness (QED) is 0.877. The minimum absolute atomic E-state index is 0.134. The first-order valence-corrected chi connectivity index (χ1v) is 5.90.